The van der Waals surface area contributed by atoms with E-state index in [0.717, 1.165) is 35.1 Å². The highest BCUT2D eigenvalue weighted by Gasteiger charge is 2.13. The van der Waals surface area contributed by atoms with Crippen LogP contribution in [-0.4, -0.2) is 21.3 Å². The van der Waals surface area contributed by atoms with Crippen LogP contribution in [0.2, 0.25) is 0 Å². The van der Waals surface area contributed by atoms with E-state index in [2.05, 4.69) is 24.0 Å². The van der Waals surface area contributed by atoms with Crippen LogP contribution in [0, 0.1) is 6.92 Å². The molecule has 0 fully saturated rings. The van der Waals surface area contributed by atoms with Crippen LogP contribution in [0.15, 0.2) is 42.7 Å². The summed E-state index contributed by atoms with van der Waals surface area (Å²) in [6.45, 7) is 3.62. The van der Waals surface area contributed by atoms with Crippen molar-refractivity contribution in [1.29, 1.82) is 0 Å². The van der Waals surface area contributed by atoms with Crippen LogP contribution in [0.3, 0.4) is 0 Å². The number of benzene rings is 1. The number of nitrogens with zero attached hydrogens (tertiary/aromatic N) is 3. The van der Waals surface area contributed by atoms with Crippen LogP contribution < -0.4 is 5.73 Å². The first kappa shape index (κ1) is 12.8. The van der Waals surface area contributed by atoms with Crippen molar-refractivity contribution in [2.24, 2.45) is 5.73 Å². The van der Waals surface area contributed by atoms with Crippen molar-refractivity contribution in [2.75, 3.05) is 6.54 Å². The van der Waals surface area contributed by atoms with Gasteiger partial charge in [-0.05, 0) is 31.5 Å². The number of fused-ring (bicyclic) bond motifs is 1. The van der Waals surface area contributed by atoms with Gasteiger partial charge in [0, 0.05) is 29.9 Å². The number of hydrogen-bond acceptors (Lipinski definition) is 3. The van der Waals surface area contributed by atoms with Gasteiger partial charge in [-0.1, -0.05) is 24.3 Å². The zero-order chi connectivity index (χ0) is 13.9. The average molecular weight is 266 g/mol. The van der Waals surface area contributed by atoms with Crippen molar-refractivity contribution in [2.45, 2.75) is 19.9 Å². The summed E-state index contributed by atoms with van der Waals surface area (Å²) >= 11 is 0. The van der Waals surface area contributed by atoms with Gasteiger partial charge in [0.1, 0.15) is 5.69 Å². The highest BCUT2D eigenvalue weighted by Crippen LogP contribution is 2.29. The maximum Gasteiger partial charge on any atom is 0.102 e. The van der Waals surface area contributed by atoms with Gasteiger partial charge in [0.2, 0.25) is 0 Å². The van der Waals surface area contributed by atoms with Gasteiger partial charge < -0.3 is 5.73 Å². The highest BCUT2D eigenvalue weighted by molar-refractivity contribution is 5.93. The molecule has 2 aromatic heterocycles. The van der Waals surface area contributed by atoms with Crippen molar-refractivity contribution in [1.82, 2.24) is 14.8 Å². The van der Waals surface area contributed by atoms with Gasteiger partial charge in [-0.3, -0.25) is 9.67 Å². The van der Waals surface area contributed by atoms with Gasteiger partial charge in [0.25, 0.3) is 0 Å². The van der Waals surface area contributed by atoms with Crippen molar-refractivity contribution in [3.05, 3.63) is 48.3 Å². The fraction of sp³-hybridized carbons (Fsp3) is 0.250. The molecule has 3 aromatic rings. The van der Waals surface area contributed by atoms with Crippen LogP contribution in [0.1, 0.15) is 12.0 Å². The molecule has 1 aromatic carbocycles. The summed E-state index contributed by atoms with van der Waals surface area (Å²) in [5, 5.41) is 5.88. The van der Waals surface area contributed by atoms with Crippen LogP contribution in [0.25, 0.3) is 22.2 Å². The minimum absolute atomic E-state index is 0.673. The van der Waals surface area contributed by atoms with Crippen LogP contribution in [0.5, 0.6) is 0 Å². The van der Waals surface area contributed by atoms with E-state index in [1.807, 2.05) is 35.3 Å². The summed E-state index contributed by atoms with van der Waals surface area (Å²) in [5.74, 6) is 0. The van der Waals surface area contributed by atoms with Crippen LogP contribution >= 0.6 is 0 Å². The molecule has 3 rings (SSSR count). The third-order valence-corrected chi connectivity index (χ3v) is 3.53. The van der Waals surface area contributed by atoms with E-state index in [9.17, 15) is 0 Å². The number of aryl methyl sites for hydroxylation is 2. The molecule has 0 unspecified atom stereocenters. The van der Waals surface area contributed by atoms with E-state index in [4.69, 9.17) is 10.8 Å². The number of rotatable bonds is 4. The van der Waals surface area contributed by atoms with E-state index in [0.29, 0.717) is 6.54 Å². The lowest BCUT2D eigenvalue weighted by atomic mass is 10.0. The molecule has 2 heterocycles. The second kappa shape index (κ2) is 5.43. The molecule has 0 aliphatic rings. The Balaban J connectivity index is 2.19. The predicted molar refractivity (Wildman–Crippen MR) is 81.4 cm³/mol. The topological polar surface area (TPSA) is 56.7 Å². The third-order valence-electron chi connectivity index (χ3n) is 3.53. The molecule has 0 aliphatic heterocycles. The maximum absolute atomic E-state index is 5.61. The summed E-state index contributed by atoms with van der Waals surface area (Å²) in [6.07, 6.45) is 4.62. The Morgan fingerprint density at radius 1 is 1.20 bits per heavy atom. The molecule has 4 nitrogen and oxygen atoms in total. The molecule has 0 aliphatic carbocycles. The highest BCUT2D eigenvalue weighted by atomic mass is 15.3. The average Bonchev–Trinajstić information content (AvgIpc) is 2.84. The molecule has 0 saturated heterocycles. The van der Waals surface area contributed by atoms with E-state index in [1.165, 1.54) is 5.56 Å². The van der Waals surface area contributed by atoms with E-state index >= 15 is 0 Å². The molecular weight excluding hydrogens is 248 g/mol. The second-order valence-electron chi connectivity index (χ2n) is 4.92. The standard InChI is InChI=1S/C16H18N4/c1-12-5-2-3-6-13(12)16-14-11-18-9-7-15(14)20(19-16)10-4-8-17/h2-3,5-7,9,11H,4,8,10,17H2,1H3. The fourth-order valence-electron chi connectivity index (χ4n) is 2.47. The number of nitrogens with two attached hydrogens (primary N) is 1. The quantitative estimate of drug-likeness (QED) is 0.790. The largest absolute Gasteiger partial charge is 0.330 e. The van der Waals surface area contributed by atoms with Gasteiger partial charge in [-0.15, -0.1) is 0 Å². The fourth-order valence-corrected chi connectivity index (χ4v) is 2.47. The zero-order valence-corrected chi connectivity index (χ0v) is 11.6. The molecule has 0 bridgehead atoms. The Morgan fingerprint density at radius 2 is 2.05 bits per heavy atom. The maximum atomic E-state index is 5.61. The number of hydrogen-bond donors (Lipinski definition) is 1. The SMILES string of the molecule is Cc1ccccc1-c1nn(CCCN)c2ccncc12. The van der Waals surface area contributed by atoms with Crippen molar-refractivity contribution >= 4 is 10.9 Å². The Labute approximate surface area is 118 Å². The minimum Gasteiger partial charge on any atom is -0.330 e. The van der Waals surface area contributed by atoms with Crippen LogP contribution in [-0.2, 0) is 6.54 Å². The van der Waals surface area contributed by atoms with Gasteiger partial charge >= 0.3 is 0 Å². The molecule has 102 valence electrons. The van der Waals surface area contributed by atoms with E-state index in [-0.39, 0.29) is 0 Å². The third kappa shape index (κ3) is 2.18. The Hall–Kier alpha value is -2.20. The van der Waals surface area contributed by atoms with Gasteiger partial charge in [0.05, 0.1) is 5.52 Å². The number of aromatic nitrogens is 3. The van der Waals surface area contributed by atoms with Gasteiger partial charge in [0.15, 0.2) is 0 Å². The summed E-state index contributed by atoms with van der Waals surface area (Å²) in [7, 11) is 0. The van der Waals surface area contributed by atoms with E-state index < -0.39 is 0 Å². The van der Waals surface area contributed by atoms with Gasteiger partial charge in [-0.25, -0.2) is 0 Å². The van der Waals surface area contributed by atoms with E-state index in [1.54, 1.807) is 0 Å². The normalized spacial score (nSPS) is 11.1. The smallest absolute Gasteiger partial charge is 0.102 e. The summed E-state index contributed by atoms with van der Waals surface area (Å²) in [5.41, 5.74) is 10.1. The Morgan fingerprint density at radius 3 is 2.85 bits per heavy atom. The molecule has 0 spiro atoms. The summed E-state index contributed by atoms with van der Waals surface area (Å²) < 4.78 is 2.03. The molecule has 20 heavy (non-hydrogen) atoms. The van der Waals surface area contributed by atoms with Crippen molar-refractivity contribution in [3.63, 3.8) is 0 Å². The molecule has 0 amide bonds. The first-order valence-electron chi connectivity index (χ1n) is 6.88. The first-order valence-corrected chi connectivity index (χ1v) is 6.88. The molecule has 0 saturated carbocycles. The lowest BCUT2D eigenvalue weighted by Gasteiger charge is -2.02. The summed E-state index contributed by atoms with van der Waals surface area (Å²) in [4.78, 5) is 4.24. The first-order chi connectivity index (χ1) is 9.81. The Kier molecular flexibility index (Phi) is 3.48. The lowest BCUT2D eigenvalue weighted by Crippen LogP contribution is -2.06. The molecule has 4 heteroatoms. The molecule has 0 radical (unpaired) electrons. The van der Waals surface area contributed by atoms with Crippen molar-refractivity contribution in [3.8, 4) is 11.3 Å². The monoisotopic (exact) mass is 266 g/mol. The zero-order valence-electron chi connectivity index (χ0n) is 11.6. The minimum atomic E-state index is 0.673. The molecular formula is C16H18N4. The Bertz CT molecular complexity index is 730. The second-order valence-corrected chi connectivity index (χ2v) is 4.92. The lowest BCUT2D eigenvalue weighted by molar-refractivity contribution is 0.604. The number of pyridine rings is 1. The molecule has 0 atom stereocenters. The molecule has 2 N–H and O–H groups in total. The predicted octanol–water partition coefficient (Wildman–Crippen LogP) is 2.76. The van der Waals surface area contributed by atoms with Crippen molar-refractivity contribution < 1.29 is 0 Å². The van der Waals surface area contributed by atoms with Gasteiger partial charge in [-0.2, -0.15) is 5.10 Å². The van der Waals surface area contributed by atoms with Crippen LogP contribution in [0.4, 0.5) is 0 Å². The summed E-state index contributed by atoms with van der Waals surface area (Å²) in [6, 6.07) is 10.3.